The molecule has 9 heteroatoms. The van der Waals surface area contributed by atoms with Gasteiger partial charge in [-0.1, -0.05) is 23.2 Å². The molecular formula is C23H24Cl2FN5O. The molecule has 2 aliphatic rings. The van der Waals surface area contributed by atoms with Crippen molar-refractivity contribution >= 4 is 29.0 Å². The molecule has 1 aliphatic heterocycles. The number of ether oxygens (including phenoxy) is 1. The summed E-state index contributed by atoms with van der Waals surface area (Å²) in [5, 5.41) is 8.52. The molecule has 0 bridgehead atoms. The molecule has 1 spiro atoms. The minimum absolute atomic E-state index is 0.0663. The van der Waals surface area contributed by atoms with E-state index in [0.717, 1.165) is 24.1 Å². The topological polar surface area (TPSA) is 78.0 Å². The molecule has 2 fully saturated rings. The number of pyridine rings is 1. The Morgan fingerprint density at radius 2 is 2.09 bits per heavy atom. The van der Waals surface area contributed by atoms with Crippen LogP contribution in [0.15, 0.2) is 36.8 Å². The Kier molecular flexibility index (Phi) is 5.51. The van der Waals surface area contributed by atoms with Gasteiger partial charge in [0.05, 0.1) is 17.3 Å². The molecule has 0 amide bonds. The predicted molar refractivity (Wildman–Crippen MR) is 124 cm³/mol. The first-order valence-electron chi connectivity index (χ1n) is 10.7. The Bertz CT molecular complexity index is 1160. The summed E-state index contributed by atoms with van der Waals surface area (Å²) in [6.45, 7) is 2.67. The molecule has 2 atom stereocenters. The number of anilines is 1. The zero-order valence-corrected chi connectivity index (χ0v) is 19.1. The molecule has 1 aliphatic carbocycles. The standard InChI is InChI=1S/C23H24Cl2FN5O/c1-13(20-17(24)3-4-18(26)21(20)25)32-19-7-14(9-28-22(19)27)15-10-30-31(12-15)16-8-23(29-11-16)5-2-6-23/h3-4,7,9-10,12-13,16,29H,2,5-6,8,11H2,1H3,(H2,27,28)/t13-,16?/m1/s1. The second kappa shape index (κ2) is 8.21. The number of benzene rings is 1. The maximum absolute atomic E-state index is 13.9. The van der Waals surface area contributed by atoms with E-state index < -0.39 is 11.9 Å². The number of nitrogens with one attached hydrogen (secondary N) is 1. The van der Waals surface area contributed by atoms with Gasteiger partial charge in [-0.2, -0.15) is 5.10 Å². The van der Waals surface area contributed by atoms with Crippen molar-refractivity contribution in [2.24, 2.45) is 0 Å². The van der Waals surface area contributed by atoms with Crippen LogP contribution in [0.4, 0.5) is 10.2 Å². The Morgan fingerprint density at radius 1 is 1.28 bits per heavy atom. The molecular weight excluding hydrogens is 452 g/mol. The number of nitrogens with two attached hydrogens (primary N) is 1. The molecule has 0 radical (unpaired) electrons. The van der Waals surface area contributed by atoms with Gasteiger partial charge in [0.25, 0.3) is 0 Å². The van der Waals surface area contributed by atoms with Crippen LogP contribution < -0.4 is 15.8 Å². The second-order valence-electron chi connectivity index (χ2n) is 8.71. The fourth-order valence-electron chi connectivity index (χ4n) is 4.66. The van der Waals surface area contributed by atoms with Crippen molar-refractivity contribution in [2.45, 2.75) is 50.3 Å². The largest absolute Gasteiger partial charge is 0.482 e. The van der Waals surface area contributed by atoms with Gasteiger partial charge in [0.1, 0.15) is 11.9 Å². The molecule has 3 N–H and O–H groups in total. The summed E-state index contributed by atoms with van der Waals surface area (Å²) in [4.78, 5) is 4.28. The normalized spacial score (nSPS) is 20.3. The van der Waals surface area contributed by atoms with Crippen LogP contribution in [0.3, 0.4) is 0 Å². The van der Waals surface area contributed by atoms with Gasteiger partial charge >= 0.3 is 0 Å². The number of hydrogen-bond acceptors (Lipinski definition) is 5. The Morgan fingerprint density at radius 3 is 2.81 bits per heavy atom. The fourth-order valence-corrected chi connectivity index (χ4v) is 5.34. The first-order valence-corrected chi connectivity index (χ1v) is 11.5. The van der Waals surface area contributed by atoms with Crippen molar-refractivity contribution in [3.05, 3.63) is 58.2 Å². The summed E-state index contributed by atoms with van der Waals surface area (Å²) in [6.07, 6.45) is 9.82. The average Bonchev–Trinajstić information content (AvgIpc) is 3.40. The minimum Gasteiger partial charge on any atom is -0.482 e. The number of aromatic nitrogens is 3. The highest BCUT2D eigenvalue weighted by Gasteiger charge is 2.44. The monoisotopic (exact) mass is 475 g/mol. The van der Waals surface area contributed by atoms with E-state index in [4.69, 9.17) is 33.7 Å². The highest BCUT2D eigenvalue weighted by Crippen LogP contribution is 2.43. The maximum atomic E-state index is 13.9. The van der Waals surface area contributed by atoms with Crippen molar-refractivity contribution in [1.82, 2.24) is 20.1 Å². The second-order valence-corrected chi connectivity index (χ2v) is 9.49. The Hall–Kier alpha value is -2.35. The smallest absolute Gasteiger partial charge is 0.166 e. The van der Waals surface area contributed by atoms with Crippen LogP contribution in [0.1, 0.15) is 50.3 Å². The number of hydrogen-bond donors (Lipinski definition) is 2. The molecule has 1 unspecified atom stereocenters. The highest BCUT2D eigenvalue weighted by molar-refractivity contribution is 6.36. The first kappa shape index (κ1) is 21.5. The molecule has 3 heterocycles. The molecule has 2 aromatic heterocycles. The van der Waals surface area contributed by atoms with Gasteiger partial charge in [-0.05, 0) is 50.8 Å². The van der Waals surface area contributed by atoms with E-state index in [2.05, 4.69) is 15.4 Å². The van der Waals surface area contributed by atoms with Crippen LogP contribution in [-0.4, -0.2) is 26.8 Å². The van der Waals surface area contributed by atoms with Crippen LogP contribution in [0.2, 0.25) is 10.0 Å². The van der Waals surface area contributed by atoms with Gasteiger partial charge in [-0.25, -0.2) is 9.37 Å². The predicted octanol–water partition coefficient (Wildman–Crippen LogP) is 5.57. The SMILES string of the molecule is C[C@@H](Oc1cc(-c2cnn(C3CNC4(CCC4)C3)c2)cnc1N)c1c(Cl)ccc(F)c1Cl. The lowest BCUT2D eigenvalue weighted by Gasteiger charge is -2.38. The lowest BCUT2D eigenvalue weighted by Crippen LogP contribution is -2.45. The third-order valence-corrected chi connectivity index (χ3v) is 7.34. The van der Waals surface area contributed by atoms with E-state index >= 15 is 0 Å². The van der Waals surface area contributed by atoms with Gasteiger partial charge in [-0.15, -0.1) is 0 Å². The van der Waals surface area contributed by atoms with Crippen molar-refractivity contribution in [3.8, 4) is 16.9 Å². The summed E-state index contributed by atoms with van der Waals surface area (Å²) in [7, 11) is 0. The zero-order chi connectivity index (χ0) is 22.5. The quantitative estimate of drug-likeness (QED) is 0.471. The fraction of sp³-hybridized carbons (Fsp3) is 0.391. The summed E-state index contributed by atoms with van der Waals surface area (Å²) < 4.78 is 22.0. The third kappa shape index (κ3) is 3.83. The first-order chi connectivity index (χ1) is 15.3. The van der Waals surface area contributed by atoms with Crippen molar-refractivity contribution in [3.63, 3.8) is 0 Å². The van der Waals surface area contributed by atoms with Crippen molar-refractivity contribution < 1.29 is 9.13 Å². The van der Waals surface area contributed by atoms with Crippen LogP contribution in [0, 0.1) is 5.82 Å². The molecule has 6 nitrogen and oxygen atoms in total. The zero-order valence-electron chi connectivity index (χ0n) is 17.6. The summed E-state index contributed by atoms with van der Waals surface area (Å²) in [5.74, 6) is 0.0394. The number of halogens is 3. The van der Waals surface area contributed by atoms with Crippen molar-refractivity contribution in [1.29, 1.82) is 0 Å². The van der Waals surface area contributed by atoms with Gasteiger partial charge < -0.3 is 15.8 Å². The number of rotatable bonds is 5. The molecule has 168 valence electrons. The Balaban J connectivity index is 1.37. The van der Waals surface area contributed by atoms with E-state index in [1.807, 2.05) is 23.1 Å². The van der Waals surface area contributed by atoms with Gasteiger partial charge in [0.15, 0.2) is 11.6 Å². The minimum atomic E-state index is -0.629. The Labute approximate surface area is 195 Å². The van der Waals surface area contributed by atoms with Gasteiger partial charge in [-0.3, -0.25) is 4.68 Å². The molecule has 1 aromatic carbocycles. The van der Waals surface area contributed by atoms with E-state index in [1.54, 1.807) is 13.1 Å². The van der Waals surface area contributed by atoms with Crippen molar-refractivity contribution in [2.75, 3.05) is 12.3 Å². The number of nitrogen functional groups attached to an aromatic ring is 1. The average molecular weight is 476 g/mol. The molecule has 1 saturated heterocycles. The lowest BCUT2D eigenvalue weighted by molar-refractivity contribution is 0.209. The van der Waals surface area contributed by atoms with E-state index in [9.17, 15) is 4.39 Å². The van der Waals surface area contributed by atoms with Gasteiger partial charge in [0, 0.05) is 46.2 Å². The van der Waals surface area contributed by atoms with Crippen LogP contribution in [-0.2, 0) is 0 Å². The summed E-state index contributed by atoms with van der Waals surface area (Å²) in [5.41, 5.74) is 8.48. The lowest BCUT2D eigenvalue weighted by atomic mass is 9.75. The van der Waals surface area contributed by atoms with Gasteiger partial charge in [0.2, 0.25) is 0 Å². The van der Waals surface area contributed by atoms with Crippen LogP contribution >= 0.6 is 23.2 Å². The third-order valence-electron chi connectivity index (χ3n) is 6.63. The van der Waals surface area contributed by atoms with Crippen LogP contribution in [0.25, 0.3) is 11.1 Å². The molecule has 1 saturated carbocycles. The van der Waals surface area contributed by atoms with E-state index in [-0.39, 0.29) is 10.8 Å². The molecule has 5 rings (SSSR count). The highest BCUT2D eigenvalue weighted by atomic mass is 35.5. The molecule has 32 heavy (non-hydrogen) atoms. The number of nitrogens with zero attached hydrogens (tertiary/aromatic N) is 3. The van der Waals surface area contributed by atoms with Crippen LogP contribution in [0.5, 0.6) is 5.75 Å². The summed E-state index contributed by atoms with van der Waals surface area (Å²) >= 11 is 12.4. The molecule has 3 aromatic rings. The summed E-state index contributed by atoms with van der Waals surface area (Å²) in [6, 6.07) is 4.83. The van der Waals surface area contributed by atoms with E-state index in [1.165, 1.54) is 31.4 Å². The maximum Gasteiger partial charge on any atom is 0.166 e. The van der Waals surface area contributed by atoms with E-state index in [0.29, 0.717) is 27.9 Å².